The zero-order chi connectivity index (χ0) is 5.86. The van der Waals surface area contributed by atoms with Gasteiger partial charge in [0.25, 0.3) is 0 Å². The highest BCUT2D eigenvalue weighted by molar-refractivity contribution is 4.21. The number of hydrogen-bond acceptors (Lipinski definition) is 1. The van der Waals surface area contributed by atoms with Gasteiger partial charge in [0.1, 0.15) is 4.86 Å². The van der Waals surface area contributed by atoms with E-state index in [2.05, 4.69) is 5.28 Å². The zero-order valence-corrected chi connectivity index (χ0v) is 4.37. The fourth-order valence-corrected chi connectivity index (χ4v) is 0.103. The molecule has 0 atom stereocenters. The first-order chi connectivity index (χ1) is 3.18. The Kier molecular flexibility index (Phi) is 2.11. The van der Waals surface area contributed by atoms with Crippen LogP contribution in [0.2, 0.25) is 0 Å². The summed E-state index contributed by atoms with van der Waals surface area (Å²) in [7, 11) is 0. The smallest absolute Gasteiger partial charge is 0.237 e. The largest absolute Gasteiger partial charge is 0.359 e. The van der Waals surface area contributed by atoms with Crippen molar-refractivity contribution in [2.24, 2.45) is 5.28 Å². The van der Waals surface area contributed by atoms with Gasteiger partial charge in [-0.3, -0.25) is 5.21 Å². The van der Waals surface area contributed by atoms with Crippen molar-refractivity contribution < 1.29 is 15.3 Å². The normalized spacial score (nSPS) is 12.7. The lowest BCUT2D eigenvalue weighted by atomic mass is 10.4. The first-order valence-electron chi connectivity index (χ1n) is 2.01. The first-order valence-corrected chi connectivity index (χ1v) is 2.01. The van der Waals surface area contributed by atoms with Gasteiger partial charge in [-0.05, 0) is 0 Å². The number of hydrogen-bond donors (Lipinski definition) is 2. The van der Waals surface area contributed by atoms with E-state index in [1.54, 1.807) is 13.8 Å². The molecule has 7 heavy (non-hydrogen) atoms. The molecule has 0 amide bonds. The fraction of sp³-hybridized carbons (Fsp3) is 1.00. The Hall–Kier alpha value is -0.800. The monoisotopic (exact) mass is 105 g/mol. The SMILES string of the molecule is CC(C)/[N+](O)=N/O. The van der Waals surface area contributed by atoms with Crippen LogP contribution < -0.4 is 0 Å². The number of nitrogens with zero attached hydrogens (tertiary/aromatic N) is 2. The quantitative estimate of drug-likeness (QED) is 0.292. The molecule has 0 aromatic heterocycles. The molecule has 0 aliphatic rings. The maximum absolute atomic E-state index is 8.35. The summed E-state index contributed by atoms with van der Waals surface area (Å²) in [6, 6.07) is -0.162. The average molecular weight is 105 g/mol. The van der Waals surface area contributed by atoms with Crippen LogP contribution >= 0.6 is 0 Å². The van der Waals surface area contributed by atoms with Gasteiger partial charge in [-0.25, -0.2) is 0 Å². The second-order valence-electron chi connectivity index (χ2n) is 1.50. The van der Waals surface area contributed by atoms with Crippen molar-refractivity contribution >= 4 is 0 Å². The molecule has 4 nitrogen and oxygen atoms in total. The molecule has 0 saturated heterocycles. The second kappa shape index (κ2) is 2.39. The molecule has 4 heteroatoms. The molecular weight excluding hydrogens is 96.0 g/mol. The van der Waals surface area contributed by atoms with E-state index in [-0.39, 0.29) is 6.04 Å². The molecule has 0 unspecified atom stereocenters. The van der Waals surface area contributed by atoms with E-state index in [9.17, 15) is 0 Å². The van der Waals surface area contributed by atoms with Crippen LogP contribution in [0, 0.1) is 0 Å². The van der Waals surface area contributed by atoms with Gasteiger partial charge in [0.2, 0.25) is 11.3 Å². The Morgan fingerprint density at radius 2 is 2.00 bits per heavy atom. The minimum absolute atomic E-state index is 0.162. The predicted octanol–water partition coefficient (Wildman–Crippen LogP) is 0.638. The van der Waals surface area contributed by atoms with Gasteiger partial charge < -0.3 is 5.21 Å². The van der Waals surface area contributed by atoms with Crippen LogP contribution in [0.1, 0.15) is 13.8 Å². The fourth-order valence-electron chi connectivity index (χ4n) is 0.103. The van der Waals surface area contributed by atoms with Gasteiger partial charge in [-0.15, -0.1) is 0 Å². The molecule has 2 N–H and O–H groups in total. The van der Waals surface area contributed by atoms with Gasteiger partial charge in [0.05, 0.1) is 0 Å². The molecule has 0 fully saturated rings. The van der Waals surface area contributed by atoms with Crippen molar-refractivity contribution in [2.45, 2.75) is 19.9 Å². The summed E-state index contributed by atoms with van der Waals surface area (Å²) < 4.78 is 0. The van der Waals surface area contributed by atoms with Crippen LogP contribution in [0.5, 0.6) is 0 Å². The van der Waals surface area contributed by atoms with Gasteiger partial charge in [-0.2, -0.15) is 0 Å². The third kappa shape index (κ3) is 1.97. The van der Waals surface area contributed by atoms with E-state index in [0.29, 0.717) is 4.86 Å². The Morgan fingerprint density at radius 3 is 2.00 bits per heavy atom. The molecule has 0 aromatic carbocycles. The first kappa shape index (κ1) is 6.20. The van der Waals surface area contributed by atoms with Crippen molar-refractivity contribution in [3.05, 3.63) is 0 Å². The van der Waals surface area contributed by atoms with Gasteiger partial charge in [0.15, 0.2) is 0 Å². The van der Waals surface area contributed by atoms with Crippen LogP contribution in [-0.2, 0) is 0 Å². The standard InChI is InChI=1S/C3H8N2O2/c1-3(2)5(7)4-6/h3,7H,1-2H3/p+1. The second-order valence-corrected chi connectivity index (χ2v) is 1.50. The van der Waals surface area contributed by atoms with E-state index in [0.717, 1.165) is 0 Å². The van der Waals surface area contributed by atoms with Crippen molar-refractivity contribution in [3.8, 4) is 0 Å². The Balaban J connectivity index is 3.56. The summed E-state index contributed by atoms with van der Waals surface area (Å²) in [6.45, 7) is 3.39. The van der Waals surface area contributed by atoms with Crippen LogP contribution in [0.25, 0.3) is 0 Å². The maximum Gasteiger partial charge on any atom is 0.237 e. The molecule has 0 aliphatic heterocycles. The Bertz CT molecular complexity index is 79.0. The third-order valence-corrected chi connectivity index (χ3v) is 0.554. The summed E-state index contributed by atoms with van der Waals surface area (Å²) in [5.41, 5.74) is 0. The molecular formula is C3H9N2O2+. The van der Waals surface area contributed by atoms with Crippen molar-refractivity contribution in [2.75, 3.05) is 0 Å². The summed E-state index contributed by atoms with van der Waals surface area (Å²) in [5, 5.41) is 18.6. The van der Waals surface area contributed by atoms with Crippen molar-refractivity contribution in [1.82, 2.24) is 0 Å². The van der Waals surface area contributed by atoms with E-state index in [4.69, 9.17) is 10.4 Å². The highest BCUT2D eigenvalue weighted by atomic mass is 16.6. The van der Waals surface area contributed by atoms with E-state index < -0.39 is 0 Å². The molecule has 0 rings (SSSR count). The molecule has 0 saturated carbocycles. The zero-order valence-electron chi connectivity index (χ0n) is 4.37. The maximum atomic E-state index is 8.35. The van der Waals surface area contributed by atoms with E-state index >= 15 is 0 Å². The summed E-state index contributed by atoms with van der Waals surface area (Å²) in [6.07, 6.45) is 0. The average Bonchev–Trinajstić information content (AvgIpc) is 1.65. The van der Waals surface area contributed by atoms with Crippen LogP contribution in [0.4, 0.5) is 0 Å². The lowest BCUT2D eigenvalue weighted by Gasteiger charge is -1.85. The lowest BCUT2D eigenvalue weighted by molar-refractivity contribution is -0.855. The highest BCUT2D eigenvalue weighted by Gasteiger charge is 2.07. The topological polar surface area (TPSA) is 55.8 Å². The molecule has 0 aromatic rings. The van der Waals surface area contributed by atoms with Crippen molar-refractivity contribution in [1.29, 1.82) is 0 Å². The Labute approximate surface area is 41.6 Å². The minimum Gasteiger partial charge on any atom is -0.359 e. The van der Waals surface area contributed by atoms with Crippen LogP contribution in [-0.4, -0.2) is 21.3 Å². The minimum atomic E-state index is -0.162. The lowest BCUT2D eigenvalue weighted by Crippen LogP contribution is -2.13. The molecule has 0 bridgehead atoms. The molecule has 0 spiro atoms. The molecule has 0 aliphatic carbocycles. The Morgan fingerprint density at radius 1 is 1.57 bits per heavy atom. The third-order valence-electron chi connectivity index (χ3n) is 0.554. The summed E-state index contributed by atoms with van der Waals surface area (Å²) in [4.78, 5) is 0.472. The molecule has 42 valence electrons. The van der Waals surface area contributed by atoms with Crippen molar-refractivity contribution in [3.63, 3.8) is 0 Å². The molecule has 0 radical (unpaired) electrons. The summed E-state index contributed by atoms with van der Waals surface area (Å²) >= 11 is 0. The van der Waals surface area contributed by atoms with E-state index in [1.807, 2.05) is 0 Å². The van der Waals surface area contributed by atoms with Gasteiger partial charge in [-0.1, -0.05) is 0 Å². The van der Waals surface area contributed by atoms with Gasteiger partial charge >= 0.3 is 0 Å². The predicted molar refractivity (Wildman–Crippen MR) is 21.4 cm³/mol. The summed E-state index contributed by atoms with van der Waals surface area (Å²) in [5.74, 6) is 0. The van der Waals surface area contributed by atoms with Gasteiger partial charge in [0, 0.05) is 13.8 Å². The highest BCUT2D eigenvalue weighted by Crippen LogP contribution is 1.81. The van der Waals surface area contributed by atoms with Crippen LogP contribution in [0.15, 0.2) is 5.28 Å². The molecule has 0 heterocycles. The number of rotatable bonds is 1. The van der Waals surface area contributed by atoms with Crippen LogP contribution in [0.3, 0.4) is 0 Å². The number of hydroxylamine groups is 1. The van der Waals surface area contributed by atoms with E-state index in [1.165, 1.54) is 0 Å².